The summed E-state index contributed by atoms with van der Waals surface area (Å²) in [5.41, 5.74) is 0.869. The van der Waals surface area contributed by atoms with Crippen LogP contribution < -0.4 is 18.9 Å². The second-order valence-electron chi connectivity index (χ2n) is 10.1. The molecule has 2 heterocycles. The van der Waals surface area contributed by atoms with E-state index in [4.69, 9.17) is 49.0 Å². The van der Waals surface area contributed by atoms with Gasteiger partial charge in [-0.3, -0.25) is 9.71 Å². The zero-order valence-electron chi connectivity index (χ0n) is 23.6. The van der Waals surface area contributed by atoms with E-state index in [9.17, 15) is 8.42 Å². The van der Waals surface area contributed by atoms with E-state index in [2.05, 4.69) is 26.6 Å². The molecule has 1 saturated heterocycles. The maximum absolute atomic E-state index is 12.9. The Kier molecular flexibility index (Phi) is 10.1. The highest BCUT2D eigenvalue weighted by atomic mass is 35.5. The molecule has 0 amide bonds. The van der Waals surface area contributed by atoms with Crippen LogP contribution in [0, 0.1) is 0 Å². The van der Waals surface area contributed by atoms with E-state index in [1.54, 1.807) is 31.5 Å². The van der Waals surface area contributed by atoms with Gasteiger partial charge in [-0.05, 0) is 55.9 Å². The number of methoxy groups -OCH3 is 1. The predicted molar refractivity (Wildman–Crippen MR) is 171 cm³/mol. The van der Waals surface area contributed by atoms with Gasteiger partial charge in [0, 0.05) is 50.4 Å². The third kappa shape index (κ3) is 7.57. The average Bonchev–Trinajstić information content (AvgIpc) is 2.97. The molecule has 3 aromatic carbocycles. The maximum Gasteiger partial charge on any atom is 0.264 e. The Balaban J connectivity index is 1.29. The maximum atomic E-state index is 12.9. The van der Waals surface area contributed by atoms with Crippen LogP contribution in [0.3, 0.4) is 0 Å². The van der Waals surface area contributed by atoms with Crippen molar-refractivity contribution in [3.63, 3.8) is 0 Å². The Morgan fingerprint density at radius 3 is 2.33 bits per heavy atom. The number of likely N-dealkylation sites (N-methyl/N-ethyl adjacent to an activating group) is 1. The second-order valence-corrected chi connectivity index (χ2v) is 12.9. The van der Waals surface area contributed by atoms with Gasteiger partial charge in [0.2, 0.25) is 0 Å². The van der Waals surface area contributed by atoms with Crippen molar-refractivity contribution in [2.75, 3.05) is 58.2 Å². The molecule has 0 atom stereocenters. The number of halogens is 3. The lowest BCUT2D eigenvalue weighted by atomic mass is 10.1. The molecule has 1 fully saturated rings. The minimum atomic E-state index is -4.07. The lowest BCUT2D eigenvalue weighted by molar-refractivity contribution is 0.145. The molecule has 0 spiro atoms. The first-order chi connectivity index (χ1) is 20.6. The number of nitrogens with one attached hydrogen (secondary N) is 1. The zero-order valence-corrected chi connectivity index (χ0v) is 26.7. The zero-order chi connectivity index (χ0) is 30.6. The molecular formula is C30H31Cl3N4O5S. The number of pyridine rings is 1. The number of aromatic nitrogens is 1. The summed E-state index contributed by atoms with van der Waals surface area (Å²) >= 11 is 18.7. The highest BCUT2D eigenvalue weighted by Crippen LogP contribution is 2.39. The molecular weight excluding hydrogens is 635 g/mol. The number of sulfonamides is 1. The summed E-state index contributed by atoms with van der Waals surface area (Å²) in [6, 6.07) is 14.4. The molecule has 228 valence electrons. The van der Waals surface area contributed by atoms with Crippen molar-refractivity contribution in [1.82, 2.24) is 14.8 Å². The van der Waals surface area contributed by atoms with Crippen LogP contribution in [0.2, 0.25) is 15.1 Å². The number of ether oxygens (including phenoxy) is 3. The largest absolute Gasteiger partial charge is 0.493 e. The average molecular weight is 666 g/mol. The molecule has 0 saturated carbocycles. The molecule has 0 bridgehead atoms. The van der Waals surface area contributed by atoms with E-state index < -0.39 is 10.0 Å². The SMILES string of the molecule is COc1cc2c(Oc3ccc(NS(=O)(=O)c4c(Cl)cccc4Cl)cc3Cl)ccnc2cc1OCCCN1CCN(C)CC1. The Morgan fingerprint density at radius 2 is 1.63 bits per heavy atom. The first kappa shape index (κ1) is 31.4. The molecule has 4 aromatic rings. The topological polar surface area (TPSA) is 93.2 Å². The fourth-order valence-electron chi connectivity index (χ4n) is 4.74. The van der Waals surface area contributed by atoms with Crippen molar-refractivity contribution in [1.29, 1.82) is 0 Å². The van der Waals surface area contributed by atoms with Crippen molar-refractivity contribution in [3.8, 4) is 23.0 Å². The number of hydrogen-bond donors (Lipinski definition) is 1. The molecule has 5 rings (SSSR count). The predicted octanol–water partition coefficient (Wildman–Crippen LogP) is 6.81. The van der Waals surface area contributed by atoms with Crippen LogP contribution in [0.25, 0.3) is 10.9 Å². The van der Waals surface area contributed by atoms with Crippen LogP contribution in [-0.4, -0.2) is 76.7 Å². The van der Waals surface area contributed by atoms with E-state index in [1.807, 2.05) is 12.1 Å². The Hall–Kier alpha value is -2.99. The number of nitrogens with zero attached hydrogens (tertiary/aromatic N) is 3. The van der Waals surface area contributed by atoms with Gasteiger partial charge in [0.1, 0.15) is 16.4 Å². The highest BCUT2D eigenvalue weighted by molar-refractivity contribution is 7.93. The van der Waals surface area contributed by atoms with Gasteiger partial charge in [0.15, 0.2) is 11.5 Å². The van der Waals surface area contributed by atoms with Gasteiger partial charge in [0.25, 0.3) is 10.0 Å². The monoisotopic (exact) mass is 664 g/mol. The molecule has 0 radical (unpaired) electrons. The highest BCUT2D eigenvalue weighted by Gasteiger charge is 2.22. The van der Waals surface area contributed by atoms with Crippen LogP contribution >= 0.6 is 34.8 Å². The molecule has 13 heteroatoms. The molecule has 1 N–H and O–H groups in total. The third-order valence-electron chi connectivity index (χ3n) is 7.05. The summed E-state index contributed by atoms with van der Waals surface area (Å²) in [7, 11) is -0.339. The summed E-state index contributed by atoms with van der Waals surface area (Å²) < 4.78 is 46.2. The second kappa shape index (κ2) is 13.8. The van der Waals surface area contributed by atoms with Crippen molar-refractivity contribution in [2.45, 2.75) is 11.3 Å². The van der Waals surface area contributed by atoms with E-state index in [-0.39, 0.29) is 25.7 Å². The van der Waals surface area contributed by atoms with E-state index in [1.165, 1.54) is 24.3 Å². The quantitative estimate of drug-likeness (QED) is 0.175. The summed E-state index contributed by atoms with van der Waals surface area (Å²) in [6.45, 7) is 5.85. The number of benzene rings is 3. The van der Waals surface area contributed by atoms with Gasteiger partial charge < -0.3 is 24.0 Å². The molecule has 1 aliphatic heterocycles. The van der Waals surface area contributed by atoms with Gasteiger partial charge >= 0.3 is 0 Å². The summed E-state index contributed by atoms with van der Waals surface area (Å²) in [6.07, 6.45) is 2.53. The van der Waals surface area contributed by atoms with E-state index >= 15 is 0 Å². The lowest BCUT2D eigenvalue weighted by Gasteiger charge is -2.32. The minimum absolute atomic E-state index is 0.00487. The van der Waals surface area contributed by atoms with Crippen LogP contribution in [0.15, 0.2) is 65.7 Å². The first-order valence-corrected chi connectivity index (χ1v) is 16.2. The third-order valence-corrected chi connectivity index (χ3v) is 9.68. The summed E-state index contributed by atoms with van der Waals surface area (Å²) in [5, 5.41) is 0.886. The summed E-state index contributed by atoms with van der Waals surface area (Å²) in [5.74, 6) is 1.96. The van der Waals surface area contributed by atoms with E-state index in [0.29, 0.717) is 40.5 Å². The normalized spacial score (nSPS) is 14.5. The lowest BCUT2D eigenvalue weighted by Crippen LogP contribution is -2.44. The Bertz CT molecular complexity index is 1700. The standard InChI is InChI=1S/C30H31Cl3N4O5S/c1-36-12-14-37(15-13-36)11-4-16-41-29-19-25-21(18-28(29)40-2)26(9-10-34-25)42-27-8-7-20(17-24(27)33)35-43(38,39)30-22(31)5-3-6-23(30)32/h3,5-10,17-19,35H,4,11-16H2,1-2H3. The van der Waals surface area contributed by atoms with Crippen LogP contribution in [-0.2, 0) is 10.0 Å². The van der Waals surface area contributed by atoms with Gasteiger partial charge in [-0.15, -0.1) is 0 Å². The number of anilines is 1. The molecule has 0 aliphatic carbocycles. The smallest absolute Gasteiger partial charge is 0.264 e. The minimum Gasteiger partial charge on any atom is -0.493 e. The molecule has 1 aliphatic rings. The van der Waals surface area contributed by atoms with Gasteiger partial charge in [-0.25, -0.2) is 8.42 Å². The molecule has 9 nitrogen and oxygen atoms in total. The van der Waals surface area contributed by atoms with Crippen molar-refractivity contribution < 1.29 is 22.6 Å². The fourth-order valence-corrected chi connectivity index (χ4v) is 7.16. The van der Waals surface area contributed by atoms with Gasteiger partial charge in [-0.2, -0.15) is 0 Å². The number of rotatable bonds is 11. The Labute approximate surface area is 266 Å². The van der Waals surface area contributed by atoms with Crippen molar-refractivity contribution in [3.05, 3.63) is 75.9 Å². The molecule has 0 unspecified atom stereocenters. The van der Waals surface area contributed by atoms with Crippen LogP contribution in [0.5, 0.6) is 23.0 Å². The summed E-state index contributed by atoms with van der Waals surface area (Å²) in [4.78, 5) is 9.06. The van der Waals surface area contributed by atoms with Crippen molar-refractivity contribution in [2.24, 2.45) is 0 Å². The fraction of sp³-hybridized carbons (Fsp3) is 0.300. The van der Waals surface area contributed by atoms with E-state index in [0.717, 1.165) is 39.1 Å². The van der Waals surface area contributed by atoms with Gasteiger partial charge in [0.05, 0.1) is 40.0 Å². The van der Waals surface area contributed by atoms with Crippen LogP contribution in [0.1, 0.15) is 6.42 Å². The van der Waals surface area contributed by atoms with Crippen molar-refractivity contribution >= 4 is 61.4 Å². The molecule has 1 aromatic heterocycles. The Morgan fingerprint density at radius 1 is 0.884 bits per heavy atom. The number of fused-ring (bicyclic) bond motifs is 1. The molecule has 43 heavy (non-hydrogen) atoms. The van der Waals surface area contributed by atoms with Gasteiger partial charge in [-0.1, -0.05) is 40.9 Å². The first-order valence-electron chi connectivity index (χ1n) is 13.6. The number of piperazine rings is 1. The number of hydrogen-bond acceptors (Lipinski definition) is 8. The van der Waals surface area contributed by atoms with Crippen LogP contribution in [0.4, 0.5) is 5.69 Å².